The fourth-order valence-corrected chi connectivity index (χ4v) is 3.72. The lowest BCUT2D eigenvalue weighted by atomic mass is 9.55. The minimum Gasteiger partial charge on any atom is -0.466 e. The summed E-state index contributed by atoms with van der Waals surface area (Å²) in [7, 11) is 0. The molecule has 2 aliphatic carbocycles. The van der Waals surface area contributed by atoms with Crippen molar-refractivity contribution in [2.45, 2.75) is 47.5 Å². The molecule has 0 aromatic heterocycles. The molecule has 23 heavy (non-hydrogen) atoms. The van der Waals surface area contributed by atoms with Gasteiger partial charge >= 0.3 is 5.97 Å². The first-order valence-corrected chi connectivity index (χ1v) is 8.60. The molecule has 0 saturated heterocycles. The van der Waals surface area contributed by atoms with Crippen LogP contribution in [-0.2, 0) is 9.53 Å². The first kappa shape index (κ1) is 20.0. The van der Waals surface area contributed by atoms with E-state index in [1.165, 1.54) is 6.92 Å². The monoisotopic (exact) mass is 322 g/mol. The number of allylic oxidation sites excluding steroid dienone is 2. The van der Waals surface area contributed by atoms with Crippen LogP contribution >= 0.6 is 0 Å². The van der Waals surface area contributed by atoms with Crippen LogP contribution in [0.3, 0.4) is 0 Å². The number of aliphatic hydroxyl groups is 1. The molecule has 4 unspecified atom stereocenters. The van der Waals surface area contributed by atoms with Crippen molar-refractivity contribution in [2.75, 3.05) is 13.2 Å². The van der Waals surface area contributed by atoms with Crippen LogP contribution in [-0.4, -0.2) is 24.3 Å². The third kappa shape index (κ3) is 4.26. The first-order valence-electron chi connectivity index (χ1n) is 8.60. The van der Waals surface area contributed by atoms with Gasteiger partial charge in [-0.1, -0.05) is 39.8 Å². The highest BCUT2D eigenvalue weighted by Crippen LogP contribution is 2.52. The van der Waals surface area contributed by atoms with Gasteiger partial charge in [0.2, 0.25) is 0 Å². The van der Waals surface area contributed by atoms with Crippen LogP contribution in [0, 0.1) is 34.5 Å². The molecule has 1 N–H and O–H groups in total. The molecule has 2 fully saturated rings. The average Bonchev–Trinajstić information content (AvgIpc) is 2.46. The van der Waals surface area contributed by atoms with Gasteiger partial charge in [-0.2, -0.15) is 0 Å². The van der Waals surface area contributed by atoms with E-state index in [4.69, 9.17) is 9.84 Å². The number of carbonyl (C=O) groups excluding carboxylic acids is 1. The van der Waals surface area contributed by atoms with Crippen molar-refractivity contribution in [1.82, 2.24) is 0 Å². The Bertz CT molecular complexity index is 436. The lowest BCUT2D eigenvalue weighted by Gasteiger charge is -2.50. The van der Waals surface area contributed by atoms with Gasteiger partial charge in [0.15, 0.2) is 0 Å². The summed E-state index contributed by atoms with van der Waals surface area (Å²) in [5.74, 6) is 2.01. The summed E-state index contributed by atoms with van der Waals surface area (Å²) < 4.78 is 5.00. The smallest absolute Gasteiger partial charge is 0.302 e. The van der Waals surface area contributed by atoms with E-state index in [1.807, 2.05) is 12.2 Å². The summed E-state index contributed by atoms with van der Waals surface area (Å²) in [5, 5.41) is 8.90. The molecule has 0 heterocycles. The zero-order valence-electron chi connectivity index (χ0n) is 15.5. The molecular weight excluding hydrogens is 288 g/mol. The highest BCUT2D eigenvalue weighted by atomic mass is 16.5. The van der Waals surface area contributed by atoms with E-state index < -0.39 is 0 Å². The normalized spacial score (nSPS) is 33.1. The second-order valence-electron chi connectivity index (χ2n) is 8.18. The number of hydrogen-bond donors (Lipinski definition) is 1. The number of esters is 1. The molecule has 0 aliphatic heterocycles. The van der Waals surface area contributed by atoms with Crippen LogP contribution in [0.1, 0.15) is 47.5 Å². The van der Waals surface area contributed by atoms with E-state index in [-0.39, 0.29) is 16.8 Å². The fourth-order valence-electron chi connectivity index (χ4n) is 3.72. The predicted molar refractivity (Wildman–Crippen MR) is 94.9 cm³/mol. The number of rotatable bonds is 5. The molecule has 2 aliphatic rings. The van der Waals surface area contributed by atoms with Crippen LogP contribution in [0.4, 0.5) is 0 Å². The average molecular weight is 322 g/mol. The summed E-state index contributed by atoms with van der Waals surface area (Å²) in [6, 6.07) is 0. The minimum atomic E-state index is -0.183. The fraction of sp³-hybridized carbons (Fsp3) is 0.750. The predicted octanol–water partition coefficient (Wildman–Crippen LogP) is 4.22. The largest absolute Gasteiger partial charge is 0.466 e. The molecule has 0 spiro atoms. The number of carbonyl (C=O) groups is 1. The van der Waals surface area contributed by atoms with E-state index in [0.29, 0.717) is 36.9 Å². The molecule has 4 atom stereocenters. The Morgan fingerprint density at radius 1 is 1.09 bits per heavy atom. The summed E-state index contributed by atoms with van der Waals surface area (Å²) in [4.78, 5) is 10.6. The molecule has 0 amide bonds. The van der Waals surface area contributed by atoms with E-state index in [2.05, 4.69) is 40.9 Å². The van der Waals surface area contributed by atoms with Gasteiger partial charge in [0.1, 0.15) is 0 Å². The highest BCUT2D eigenvalue weighted by molar-refractivity contribution is 5.65. The van der Waals surface area contributed by atoms with E-state index >= 15 is 0 Å². The maximum Gasteiger partial charge on any atom is 0.302 e. The SMILES string of the molecule is C=CC1CC(CO)C1(C)C.C=CC1CC(COC(C)=O)C1(C)C. The molecular formula is C20H34O3. The molecule has 0 radical (unpaired) electrons. The molecule has 2 saturated carbocycles. The maximum atomic E-state index is 10.6. The second-order valence-corrected chi connectivity index (χ2v) is 8.18. The maximum absolute atomic E-state index is 10.6. The molecule has 0 aromatic carbocycles. The molecule has 3 nitrogen and oxygen atoms in total. The van der Waals surface area contributed by atoms with Crippen LogP contribution in [0.15, 0.2) is 25.3 Å². The Labute approximate surface area is 141 Å². The van der Waals surface area contributed by atoms with Crippen molar-refractivity contribution >= 4 is 5.97 Å². The Balaban J connectivity index is 0.000000238. The molecule has 132 valence electrons. The van der Waals surface area contributed by atoms with Crippen LogP contribution < -0.4 is 0 Å². The quantitative estimate of drug-likeness (QED) is 0.609. The number of ether oxygens (including phenoxy) is 1. The number of hydrogen-bond acceptors (Lipinski definition) is 3. The van der Waals surface area contributed by atoms with Gasteiger partial charge in [-0.05, 0) is 47.3 Å². The Kier molecular flexibility index (Phi) is 6.64. The van der Waals surface area contributed by atoms with Crippen LogP contribution in [0.2, 0.25) is 0 Å². The van der Waals surface area contributed by atoms with E-state index in [0.717, 1.165) is 12.8 Å². The topological polar surface area (TPSA) is 46.5 Å². The van der Waals surface area contributed by atoms with Gasteiger partial charge in [0, 0.05) is 13.5 Å². The van der Waals surface area contributed by atoms with Crippen molar-refractivity contribution in [3.05, 3.63) is 25.3 Å². The summed E-state index contributed by atoms with van der Waals surface area (Å²) in [6.45, 7) is 18.7. The molecule has 0 bridgehead atoms. The Hall–Kier alpha value is -1.09. The third-order valence-electron chi connectivity index (χ3n) is 6.37. The van der Waals surface area contributed by atoms with Crippen LogP contribution in [0.25, 0.3) is 0 Å². The van der Waals surface area contributed by atoms with Gasteiger partial charge in [-0.3, -0.25) is 4.79 Å². The molecule has 0 aromatic rings. The van der Waals surface area contributed by atoms with E-state index in [1.54, 1.807) is 0 Å². The van der Waals surface area contributed by atoms with Gasteiger partial charge in [0.05, 0.1) is 6.61 Å². The van der Waals surface area contributed by atoms with Crippen molar-refractivity contribution in [3.63, 3.8) is 0 Å². The van der Waals surface area contributed by atoms with Gasteiger partial charge in [-0.25, -0.2) is 0 Å². The molecule has 3 heteroatoms. The Morgan fingerprint density at radius 2 is 1.52 bits per heavy atom. The minimum absolute atomic E-state index is 0.183. The zero-order valence-corrected chi connectivity index (χ0v) is 15.5. The van der Waals surface area contributed by atoms with Crippen molar-refractivity contribution in [1.29, 1.82) is 0 Å². The van der Waals surface area contributed by atoms with Crippen LogP contribution in [0.5, 0.6) is 0 Å². The van der Waals surface area contributed by atoms with Gasteiger partial charge < -0.3 is 9.84 Å². The molecule has 2 rings (SSSR count). The Morgan fingerprint density at radius 3 is 1.83 bits per heavy atom. The summed E-state index contributed by atoms with van der Waals surface area (Å²) in [5.41, 5.74) is 0.535. The second kappa shape index (κ2) is 7.65. The number of aliphatic hydroxyl groups excluding tert-OH is 1. The van der Waals surface area contributed by atoms with E-state index in [9.17, 15) is 4.79 Å². The van der Waals surface area contributed by atoms with Gasteiger partial charge in [-0.15, -0.1) is 13.2 Å². The van der Waals surface area contributed by atoms with Crippen molar-refractivity contribution in [2.24, 2.45) is 34.5 Å². The zero-order chi connectivity index (χ0) is 17.8. The third-order valence-corrected chi connectivity index (χ3v) is 6.37. The highest BCUT2D eigenvalue weighted by Gasteiger charge is 2.46. The van der Waals surface area contributed by atoms with Gasteiger partial charge in [0.25, 0.3) is 0 Å². The lowest BCUT2D eigenvalue weighted by molar-refractivity contribution is -0.147. The van der Waals surface area contributed by atoms with Crippen molar-refractivity contribution in [3.8, 4) is 0 Å². The van der Waals surface area contributed by atoms with Crippen molar-refractivity contribution < 1.29 is 14.6 Å². The summed E-state index contributed by atoms with van der Waals surface area (Å²) in [6.07, 6.45) is 6.23. The first-order chi connectivity index (χ1) is 10.6. The standard InChI is InChI=1S/C11H18O2.C9H16O/c1-5-9-6-10(11(9,3)4)7-13-8(2)12;1-4-7-5-8(6-10)9(7,2)3/h5,9-10H,1,6-7H2,2-4H3;4,7-8,10H,1,5-6H2,2-3H3. The lowest BCUT2D eigenvalue weighted by Crippen LogP contribution is -2.46. The summed E-state index contributed by atoms with van der Waals surface area (Å²) >= 11 is 0.